The van der Waals surface area contributed by atoms with Gasteiger partial charge >= 0.3 is 0 Å². The number of pyridine rings is 1. The van der Waals surface area contributed by atoms with Crippen LogP contribution >= 0.6 is 0 Å². The molecule has 2 N–H and O–H groups in total. The summed E-state index contributed by atoms with van der Waals surface area (Å²) in [5, 5.41) is 8.67. The zero-order valence-corrected chi connectivity index (χ0v) is 16.2. The Morgan fingerprint density at radius 2 is 2.10 bits per heavy atom. The molecule has 1 atom stereocenters. The number of nitrogens with zero attached hydrogens (tertiary/aromatic N) is 4. The second kappa shape index (κ2) is 6.32. The van der Waals surface area contributed by atoms with Crippen LogP contribution in [0.1, 0.15) is 43.9 Å². The molecule has 1 spiro atoms. The lowest BCUT2D eigenvalue weighted by molar-refractivity contribution is -0.121. The number of H-pyrrole nitrogens is 1. The number of aromatic nitrogens is 4. The van der Waals surface area contributed by atoms with Crippen molar-refractivity contribution in [2.24, 2.45) is 0 Å². The molecule has 3 aliphatic heterocycles. The van der Waals surface area contributed by atoms with E-state index in [2.05, 4.69) is 31.5 Å². The van der Waals surface area contributed by atoms with E-state index in [1.54, 1.807) is 6.20 Å². The van der Waals surface area contributed by atoms with Crippen molar-refractivity contribution in [2.45, 2.75) is 43.7 Å². The lowest BCUT2D eigenvalue weighted by Crippen LogP contribution is -2.46. The highest BCUT2D eigenvalue weighted by Gasteiger charge is 2.49. The standard InChI is InChI=1S/C21H24N6O2/c28-20-21(18-15-4-7-22-19(15)23-12-16(18)25-20)5-8-26(9-6-21)14-11-24-27(13-14)17-3-1-2-10-29-17/h4,7,11-13,17H,1-3,5-6,8-10H2,(H,22,23)(H,25,28). The maximum absolute atomic E-state index is 13.0. The van der Waals surface area contributed by atoms with Gasteiger partial charge in [0.05, 0.1) is 35.4 Å². The van der Waals surface area contributed by atoms with Crippen LogP contribution in [0.15, 0.2) is 30.9 Å². The van der Waals surface area contributed by atoms with Crippen LogP contribution in [-0.4, -0.2) is 45.4 Å². The van der Waals surface area contributed by atoms with Crippen molar-refractivity contribution in [3.05, 3.63) is 36.4 Å². The number of ether oxygens (including phenoxy) is 1. The zero-order chi connectivity index (χ0) is 19.4. The van der Waals surface area contributed by atoms with Gasteiger partial charge in [0.1, 0.15) is 11.9 Å². The van der Waals surface area contributed by atoms with Crippen molar-refractivity contribution in [3.63, 3.8) is 0 Å². The van der Waals surface area contributed by atoms with Crippen molar-refractivity contribution < 1.29 is 9.53 Å². The smallest absolute Gasteiger partial charge is 0.235 e. The molecule has 3 aromatic heterocycles. The lowest BCUT2D eigenvalue weighted by Gasteiger charge is -2.38. The fourth-order valence-electron chi connectivity index (χ4n) is 5.18. The van der Waals surface area contributed by atoms with Gasteiger partial charge in [0.15, 0.2) is 0 Å². The van der Waals surface area contributed by atoms with Gasteiger partial charge in [0.2, 0.25) is 5.91 Å². The van der Waals surface area contributed by atoms with E-state index in [0.717, 1.165) is 73.4 Å². The van der Waals surface area contributed by atoms with Gasteiger partial charge in [-0.05, 0) is 38.2 Å². The summed E-state index contributed by atoms with van der Waals surface area (Å²) >= 11 is 0. The highest BCUT2D eigenvalue weighted by Crippen LogP contribution is 2.48. The minimum Gasteiger partial charge on any atom is -0.369 e. The van der Waals surface area contributed by atoms with Crippen LogP contribution < -0.4 is 10.2 Å². The number of carbonyl (C=O) groups excluding carboxylic acids is 1. The van der Waals surface area contributed by atoms with E-state index in [9.17, 15) is 4.79 Å². The first-order valence-corrected chi connectivity index (χ1v) is 10.4. The monoisotopic (exact) mass is 392 g/mol. The van der Waals surface area contributed by atoms with Crippen LogP contribution in [-0.2, 0) is 14.9 Å². The first-order valence-electron chi connectivity index (χ1n) is 10.4. The number of piperidine rings is 1. The normalized spacial score (nSPS) is 23.5. The Morgan fingerprint density at radius 3 is 2.93 bits per heavy atom. The van der Waals surface area contributed by atoms with Gasteiger partial charge in [0, 0.05) is 36.8 Å². The van der Waals surface area contributed by atoms with Gasteiger partial charge < -0.3 is 19.9 Å². The van der Waals surface area contributed by atoms with E-state index in [0.29, 0.717) is 0 Å². The molecule has 29 heavy (non-hydrogen) atoms. The number of carbonyl (C=O) groups is 1. The molecule has 2 saturated heterocycles. The third kappa shape index (κ3) is 2.51. The molecule has 3 aromatic rings. The molecule has 1 amide bonds. The zero-order valence-electron chi connectivity index (χ0n) is 16.2. The minimum absolute atomic E-state index is 0.0514. The van der Waals surface area contributed by atoms with E-state index in [4.69, 9.17) is 4.74 Å². The van der Waals surface area contributed by atoms with Crippen molar-refractivity contribution in [1.29, 1.82) is 0 Å². The Hall–Kier alpha value is -2.87. The molecule has 6 heterocycles. The second-order valence-corrected chi connectivity index (χ2v) is 8.31. The van der Waals surface area contributed by atoms with Gasteiger partial charge in [-0.25, -0.2) is 9.67 Å². The Balaban J connectivity index is 1.26. The molecule has 6 rings (SSSR count). The van der Waals surface area contributed by atoms with E-state index in [1.165, 1.54) is 6.42 Å². The lowest BCUT2D eigenvalue weighted by atomic mass is 9.73. The van der Waals surface area contributed by atoms with E-state index >= 15 is 0 Å². The molecule has 0 radical (unpaired) electrons. The predicted octanol–water partition coefficient (Wildman–Crippen LogP) is 2.95. The van der Waals surface area contributed by atoms with Gasteiger partial charge in [-0.3, -0.25) is 4.79 Å². The van der Waals surface area contributed by atoms with Crippen molar-refractivity contribution in [2.75, 3.05) is 29.9 Å². The van der Waals surface area contributed by atoms with E-state index < -0.39 is 5.41 Å². The average Bonchev–Trinajstić information content (AvgIpc) is 3.48. The molecular formula is C21H24N6O2. The van der Waals surface area contributed by atoms with Gasteiger partial charge in [-0.2, -0.15) is 5.10 Å². The average molecular weight is 392 g/mol. The van der Waals surface area contributed by atoms with Crippen LogP contribution in [0.4, 0.5) is 11.4 Å². The minimum atomic E-state index is -0.475. The largest absolute Gasteiger partial charge is 0.369 e. The number of hydrogen-bond acceptors (Lipinski definition) is 5. The molecule has 0 aromatic carbocycles. The first kappa shape index (κ1) is 17.0. The number of amides is 1. The molecule has 0 saturated carbocycles. The summed E-state index contributed by atoms with van der Waals surface area (Å²) in [5.74, 6) is 0.106. The topological polar surface area (TPSA) is 88.1 Å². The van der Waals surface area contributed by atoms with Gasteiger partial charge in [0.25, 0.3) is 0 Å². The Morgan fingerprint density at radius 1 is 1.21 bits per heavy atom. The SMILES string of the molecule is O=C1Nc2cnc3[nH]ccc3c2C12CCN(c1cnn(C3CCCCO3)c1)CC2. The van der Waals surface area contributed by atoms with E-state index in [-0.39, 0.29) is 12.1 Å². The fraction of sp³-hybridized carbons (Fsp3) is 0.476. The van der Waals surface area contributed by atoms with Crippen LogP contribution in [0.5, 0.6) is 0 Å². The quantitative estimate of drug-likeness (QED) is 0.700. The van der Waals surface area contributed by atoms with E-state index in [1.807, 2.05) is 23.1 Å². The molecule has 1 unspecified atom stereocenters. The Kier molecular flexibility index (Phi) is 3.71. The molecule has 0 bridgehead atoms. The summed E-state index contributed by atoms with van der Waals surface area (Å²) in [5.41, 5.74) is 3.44. The van der Waals surface area contributed by atoms with Gasteiger partial charge in [-0.1, -0.05) is 0 Å². The first-order chi connectivity index (χ1) is 14.2. The molecular weight excluding hydrogens is 368 g/mol. The summed E-state index contributed by atoms with van der Waals surface area (Å²) in [4.78, 5) is 23.0. The highest BCUT2D eigenvalue weighted by atomic mass is 16.5. The number of hydrogen-bond donors (Lipinski definition) is 2. The molecule has 2 fully saturated rings. The summed E-state index contributed by atoms with van der Waals surface area (Å²) in [6.07, 6.45) is 12.6. The maximum Gasteiger partial charge on any atom is 0.235 e. The fourth-order valence-corrected chi connectivity index (χ4v) is 5.18. The molecule has 0 aliphatic carbocycles. The summed E-state index contributed by atoms with van der Waals surface area (Å²) < 4.78 is 7.80. The summed E-state index contributed by atoms with van der Waals surface area (Å²) in [7, 11) is 0. The van der Waals surface area contributed by atoms with Crippen LogP contribution in [0.2, 0.25) is 0 Å². The highest BCUT2D eigenvalue weighted by molar-refractivity contribution is 6.10. The number of rotatable bonds is 2. The third-order valence-electron chi connectivity index (χ3n) is 6.77. The van der Waals surface area contributed by atoms with Crippen molar-refractivity contribution in [1.82, 2.24) is 19.7 Å². The Bertz CT molecular complexity index is 1070. The van der Waals surface area contributed by atoms with Crippen LogP contribution in [0.3, 0.4) is 0 Å². The molecule has 150 valence electrons. The van der Waals surface area contributed by atoms with Gasteiger partial charge in [-0.15, -0.1) is 0 Å². The third-order valence-corrected chi connectivity index (χ3v) is 6.77. The van der Waals surface area contributed by atoms with Crippen LogP contribution in [0, 0.1) is 0 Å². The molecule has 8 heteroatoms. The Labute approximate surface area is 168 Å². The van der Waals surface area contributed by atoms with Crippen molar-refractivity contribution in [3.8, 4) is 0 Å². The number of fused-ring (bicyclic) bond motifs is 4. The molecule has 3 aliphatic rings. The van der Waals surface area contributed by atoms with Crippen LogP contribution in [0.25, 0.3) is 11.0 Å². The second-order valence-electron chi connectivity index (χ2n) is 8.31. The predicted molar refractivity (Wildman–Crippen MR) is 109 cm³/mol. The number of aromatic amines is 1. The number of anilines is 2. The van der Waals surface area contributed by atoms with Crippen molar-refractivity contribution >= 4 is 28.3 Å². The number of nitrogens with one attached hydrogen (secondary N) is 2. The summed E-state index contributed by atoms with van der Waals surface area (Å²) in [6, 6.07) is 2.03. The summed E-state index contributed by atoms with van der Waals surface area (Å²) in [6.45, 7) is 2.44. The maximum atomic E-state index is 13.0. The molecule has 8 nitrogen and oxygen atoms in total.